The van der Waals surface area contributed by atoms with Crippen LogP contribution in [0.5, 0.6) is 0 Å². The van der Waals surface area contributed by atoms with E-state index in [1.807, 2.05) is 33.9 Å². The molecule has 0 aromatic carbocycles. The smallest absolute Gasteiger partial charge is 0.244 e. The quantitative estimate of drug-likeness (QED) is 0.916. The first-order chi connectivity index (χ1) is 6.91. The normalized spacial score (nSPS) is 12.9. The van der Waals surface area contributed by atoms with Crippen LogP contribution in [-0.2, 0) is 4.79 Å². The van der Waals surface area contributed by atoms with Crippen LogP contribution in [0.3, 0.4) is 0 Å². The van der Waals surface area contributed by atoms with E-state index in [9.17, 15) is 4.79 Å². The van der Waals surface area contributed by atoms with E-state index in [1.54, 1.807) is 4.68 Å². The van der Waals surface area contributed by atoms with Gasteiger partial charge in [0.25, 0.3) is 0 Å². The minimum atomic E-state index is -0.280. The molecule has 1 aromatic rings. The SMILES string of the molecule is Cc1nn(C(C)C(=O)NC(C)C)cc1Br. The molecule has 1 atom stereocenters. The Morgan fingerprint density at radius 2 is 2.13 bits per heavy atom. The monoisotopic (exact) mass is 273 g/mol. The molecule has 15 heavy (non-hydrogen) atoms. The summed E-state index contributed by atoms with van der Waals surface area (Å²) in [6.07, 6.45) is 1.82. The Hall–Kier alpha value is -0.840. The van der Waals surface area contributed by atoms with Gasteiger partial charge in [-0.05, 0) is 43.6 Å². The van der Waals surface area contributed by atoms with Crippen LogP contribution in [0.2, 0.25) is 0 Å². The highest BCUT2D eigenvalue weighted by Gasteiger charge is 2.17. The van der Waals surface area contributed by atoms with Gasteiger partial charge in [-0.2, -0.15) is 5.10 Å². The number of aryl methyl sites for hydroxylation is 1. The van der Waals surface area contributed by atoms with Crippen molar-refractivity contribution in [3.8, 4) is 0 Å². The zero-order chi connectivity index (χ0) is 11.6. The third-order valence-corrected chi connectivity index (χ3v) is 2.84. The third-order valence-electron chi connectivity index (χ3n) is 2.06. The molecule has 0 saturated heterocycles. The summed E-state index contributed by atoms with van der Waals surface area (Å²) in [5.41, 5.74) is 0.888. The van der Waals surface area contributed by atoms with E-state index in [0.717, 1.165) is 10.2 Å². The minimum Gasteiger partial charge on any atom is -0.352 e. The van der Waals surface area contributed by atoms with Crippen LogP contribution in [0.15, 0.2) is 10.7 Å². The van der Waals surface area contributed by atoms with Gasteiger partial charge in [0.2, 0.25) is 5.91 Å². The molecule has 0 radical (unpaired) electrons. The fourth-order valence-electron chi connectivity index (χ4n) is 1.18. The summed E-state index contributed by atoms with van der Waals surface area (Å²) in [6.45, 7) is 7.61. The maximum absolute atomic E-state index is 11.7. The number of amides is 1. The van der Waals surface area contributed by atoms with Gasteiger partial charge >= 0.3 is 0 Å². The maximum Gasteiger partial charge on any atom is 0.244 e. The first kappa shape index (κ1) is 12.2. The van der Waals surface area contributed by atoms with Gasteiger partial charge in [0.1, 0.15) is 6.04 Å². The average Bonchev–Trinajstić information content (AvgIpc) is 2.44. The van der Waals surface area contributed by atoms with Crippen molar-refractivity contribution in [2.45, 2.75) is 39.8 Å². The largest absolute Gasteiger partial charge is 0.352 e. The van der Waals surface area contributed by atoms with E-state index in [2.05, 4.69) is 26.3 Å². The Morgan fingerprint density at radius 1 is 1.53 bits per heavy atom. The topological polar surface area (TPSA) is 46.9 Å². The Morgan fingerprint density at radius 3 is 2.53 bits per heavy atom. The van der Waals surface area contributed by atoms with Gasteiger partial charge in [0, 0.05) is 12.2 Å². The molecule has 0 fully saturated rings. The number of nitrogens with one attached hydrogen (secondary N) is 1. The fourth-order valence-corrected chi connectivity index (χ4v) is 1.47. The first-order valence-electron chi connectivity index (χ1n) is 4.93. The maximum atomic E-state index is 11.7. The Labute approximate surface area is 98.2 Å². The predicted molar refractivity (Wildman–Crippen MR) is 62.7 cm³/mol. The summed E-state index contributed by atoms with van der Waals surface area (Å²) in [7, 11) is 0. The lowest BCUT2D eigenvalue weighted by atomic mass is 10.3. The van der Waals surface area contributed by atoms with Crippen LogP contribution in [0.1, 0.15) is 32.5 Å². The number of nitrogens with zero attached hydrogens (tertiary/aromatic N) is 2. The summed E-state index contributed by atoms with van der Waals surface area (Å²) in [4.78, 5) is 11.7. The van der Waals surface area contributed by atoms with Gasteiger partial charge in [-0.15, -0.1) is 0 Å². The number of hydrogen-bond acceptors (Lipinski definition) is 2. The number of carbonyl (C=O) groups excluding carboxylic acids is 1. The van der Waals surface area contributed by atoms with Crippen LogP contribution in [-0.4, -0.2) is 21.7 Å². The Bertz CT molecular complexity index is 340. The molecule has 84 valence electrons. The molecule has 0 aliphatic rings. The highest BCUT2D eigenvalue weighted by Crippen LogP contribution is 2.16. The van der Waals surface area contributed by atoms with E-state index in [-0.39, 0.29) is 18.0 Å². The van der Waals surface area contributed by atoms with Gasteiger partial charge in [0.05, 0.1) is 10.2 Å². The van der Waals surface area contributed by atoms with Crippen molar-refractivity contribution >= 4 is 21.8 Å². The minimum absolute atomic E-state index is 0.0139. The molecule has 0 aliphatic heterocycles. The van der Waals surface area contributed by atoms with Gasteiger partial charge in [0.15, 0.2) is 0 Å². The second-order valence-electron chi connectivity index (χ2n) is 3.88. The fraction of sp³-hybridized carbons (Fsp3) is 0.600. The third kappa shape index (κ3) is 3.06. The van der Waals surface area contributed by atoms with Gasteiger partial charge in [-0.3, -0.25) is 9.48 Å². The van der Waals surface area contributed by atoms with Crippen LogP contribution >= 0.6 is 15.9 Å². The van der Waals surface area contributed by atoms with Crippen molar-refractivity contribution < 1.29 is 4.79 Å². The molecular weight excluding hydrogens is 258 g/mol. The number of rotatable bonds is 3. The van der Waals surface area contributed by atoms with Crippen molar-refractivity contribution in [2.24, 2.45) is 0 Å². The summed E-state index contributed by atoms with van der Waals surface area (Å²) in [5.74, 6) is -0.0139. The number of aromatic nitrogens is 2. The second kappa shape index (κ2) is 4.79. The molecule has 1 unspecified atom stereocenters. The van der Waals surface area contributed by atoms with E-state index >= 15 is 0 Å². The molecule has 1 rings (SSSR count). The summed E-state index contributed by atoms with van der Waals surface area (Å²) >= 11 is 3.37. The lowest BCUT2D eigenvalue weighted by Crippen LogP contribution is -2.35. The van der Waals surface area contributed by atoms with Crippen LogP contribution < -0.4 is 5.32 Å². The van der Waals surface area contributed by atoms with E-state index in [1.165, 1.54) is 0 Å². The molecule has 1 aromatic heterocycles. The first-order valence-corrected chi connectivity index (χ1v) is 5.72. The lowest BCUT2D eigenvalue weighted by molar-refractivity contribution is -0.124. The van der Waals surface area contributed by atoms with E-state index < -0.39 is 0 Å². The molecular formula is C10H16BrN3O. The van der Waals surface area contributed by atoms with Crippen molar-refractivity contribution in [2.75, 3.05) is 0 Å². The molecule has 0 saturated carbocycles. The molecule has 0 spiro atoms. The number of carbonyl (C=O) groups is 1. The van der Waals surface area contributed by atoms with Crippen LogP contribution in [0.4, 0.5) is 0 Å². The molecule has 0 bridgehead atoms. The molecule has 4 nitrogen and oxygen atoms in total. The van der Waals surface area contributed by atoms with Crippen molar-refractivity contribution in [3.05, 3.63) is 16.4 Å². The van der Waals surface area contributed by atoms with Crippen molar-refractivity contribution in [3.63, 3.8) is 0 Å². The molecule has 0 aliphatic carbocycles. The van der Waals surface area contributed by atoms with E-state index in [0.29, 0.717) is 0 Å². The zero-order valence-electron chi connectivity index (χ0n) is 9.41. The second-order valence-corrected chi connectivity index (χ2v) is 4.74. The van der Waals surface area contributed by atoms with Gasteiger partial charge in [-0.1, -0.05) is 0 Å². The number of hydrogen-bond donors (Lipinski definition) is 1. The molecule has 5 heteroatoms. The average molecular weight is 274 g/mol. The Balaban J connectivity index is 2.76. The standard InChI is InChI=1S/C10H16BrN3O/c1-6(2)12-10(15)8(4)14-5-9(11)7(3)13-14/h5-6,8H,1-4H3,(H,12,15). The summed E-state index contributed by atoms with van der Waals surface area (Å²) in [5, 5.41) is 7.10. The molecule has 1 amide bonds. The molecule has 1 heterocycles. The summed E-state index contributed by atoms with van der Waals surface area (Å²) < 4.78 is 2.59. The lowest BCUT2D eigenvalue weighted by Gasteiger charge is -2.14. The highest BCUT2D eigenvalue weighted by atomic mass is 79.9. The van der Waals surface area contributed by atoms with Gasteiger partial charge < -0.3 is 5.32 Å². The van der Waals surface area contributed by atoms with Crippen molar-refractivity contribution in [1.29, 1.82) is 0 Å². The van der Waals surface area contributed by atoms with Crippen LogP contribution in [0.25, 0.3) is 0 Å². The van der Waals surface area contributed by atoms with E-state index in [4.69, 9.17) is 0 Å². The zero-order valence-corrected chi connectivity index (χ0v) is 11.0. The van der Waals surface area contributed by atoms with Crippen LogP contribution in [0, 0.1) is 6.92 Å². The Kier molecular flexibility index (Phi) is 3.90. The van der Waals surface area contributed by atoms with Crippen molar-refractivity contribution in [1.82, 2.24) is 15.1 Å². The molecule has 1 N–H and O–H groups in total. The number of halogens is 1. The highest BCUT2D eigenvalue weighted by molar-refractivity contribution is 9.10. The van der Waals surface area contributed by atoms with Gasteiger partial charge in [-0.25, -0.2) is 0 Å². The predicted octanol–water partition coefficient (Wildman–Crippen LogP) is 2.04. The summed E-state index contributed by atoms with van der Waals surface area (Å²) in [6, 6.07) is -0.127.